The third-order valence-corrected chi connectivity index (χ3v) is 3.75. The van der Waals surface area contributed by atoms with Gasteiger partial charge in [0.2, 0.25) is 10.0 Å². The molecule has 0 aromatic rings. The summed E-state index contributed by atoms with van der Waals surface area (Å²) in [7, 11) is -3.09. The Morgan fingerprint density at radius 2 is 1.95 bits per heavy atom. The van der Waals surface area contributed by atoms with Crippen LogP contribution in [-0.2, 0) is 10.0 Å². The number of hydrogen-bond acceptors (Lipinski definition) is 3. The van der Waals surface area contributed by atoms with Crippen LogP contribution in [0.2, 0.25) is 0 Å². The van der Waals surface area contributed by atoms with Crippen molar-refractivity contribution in [3.05, 3.63) is 0 Å². The predicted octanol–water partition coefficient (Wildman–Crippen LogP) is 0.884. The van der Waals surface area contributed by atoms with Gasteiger partial charge in [-0.25, -0.2) is 13.1 Å². The number of aliphatic imine (C=N–C) groups is 1. The number of nitrogens with two attached hydrogens (primary N) is 1. The molecule has 0 aliphatic carbocycles. The second-order valence-corrected chi connectivity index (χ2v) is 6.62. The zero-order valence-corrected chi connectivity index (χ0v) is 15.1. The molecule has 0 amide bonds. The van der Waals surface area contributed by atoms with Crippen molar-refractivity contribution in [1.82, 2.24) is 10.0 Å². The van der Waals surface area contributed by atoms with Gasteiger partial charge in [-0.1, -0.05) is 13.8 Å². The summed E-state index contributed by atoms with van der Waals surface area (Å²) in [6.07, 6.45) is 1.69. The van der Waals surface area contributed by atoms with Crippen molar-refractivity contribution >= 4 is 40.0 Å². The van der Waals surface area contributed by atoms with Gasteiger partial charge in [-0.3, -0.25) is 4.99 Å². The first-order chi connectivity index (χ1) is 8.37. The predicted molar refractivity (Wildman–Crippen MR) is 91.4 cm³/mol. The van der Waals surface area contributed by atoms with Gasteiger partial charge in [0.05, 0.1) is 5.75 Å². The topological polar surface area (TPSA) is 96.6 Å². The quantitative estimate of drug-likeness (QED) is 0.229. The van der Waals surface area contributed by atoms with Crippen LogP contribution in [0.5, 0.6) is 0 Å². The van der Waals surface area contributed by atoms with Gasteiger partial charge in [0.1, 0.15) is 0 Å². The Hall–Kier alpha value is -0.0900. The molecule has 0 bridgehead atoms. The lowest BCUT2D eigenvalue weighted by Crippen LogP contribution is -2.33. The highest BCUT2D eigenvalue weighted by Gasteiger charge is 2.03. The Morgan fingerprint density at radius 1 is 1.32 bits per heavy atom. The standard InChI is InChI=1S/C11H26N4O2S.HI/c1-4-18(16,17)15-8-5-7-13-11(12)14-9-6-10(2)3;/h10,15H,4-9H2,1-3H3,(H3,12,13,14);1H. The summed E-state index contributed by atoms with van der Waals surface area (Å²) in [6.45, 7) is 7.64. The van der Waals surface area contributed by atoms with Crippen molar-refractivity contribution in [2.24, 2.45) is 16.6 Å². The van der Waals surface area contributed by atoms with Crippen LogP contribution in [0.1, 0.15) is 33.6 Å². The van der Waals surface area contributed by atoms with Gasteiger partial charge in [0.25, 0.3) is 0 Å². The maximum absolute atomic E-state index is 11.1. The maximum atomic E-state index is 11.1. The van der Waals surface area contributed by atoms with Crippen molar-refractivity contribution < 1.29 is 8.42 Å². The second-order valence-electron chi connectivity index (χ2n) is 4.53. The SMILES string of the molecule is CCS(=O)(=O)NCCCN=C(N)NCCC(C)C.I. The van der Waals surface area contributed by atoms with Gasteiger partial charge in [-0.05, 0) is 25.7 Å². The maximum Gasteiger partial charge on any atom is 0.211 e. The molecule has 4 N–H and O–H groups in total. The average molecular weight is 406 g/mol. The average Bonchev–Trinajstić information content (AvgIpc) is 2.28. The Morgan fingerprint density at radius 3 is 2.47 bits per heavy atom. The first kappa shape index (κ1) is 21.2. The first-order valence-corrected chi connectivity index (χ1v) is 8.03. The van der Waals surface area contributed by atoms with E-state index in [-0.39, 0.29) is 29.7 Å². The van der Waals surface area contributed by atoms with Crippen LogP contribution in [0.4, 0.5) is 0 Å². The Kier molecular flexibility index (Phi) is 13.1. The van der Waals surface area contributed by atoms with E-state index < -0.39 is 10.0 Å². The number of halogens is 1. The molecule has 19 heavy (non-hydrogen) atoms. The Labute approximate surface area is 134 Å². The van der Waals surface area contributed by atoms with Crippen LogP contribution in [-0.4, -0.2) is 39.8 Å². The number of nitrogens with one attached hydrogen (secondary N) is 2. The fourth-order valence-electron chi connectivity index (χ4n) is 1.15. The highest BCUT2D eigenvalue weighted by Crippen LogP contribution is 1.95. The molecule has 0 aliphatic rings. The summed E-state index contributed by atoms with van der Waals surface area (Å²) in [6, 6.07) is 0. The van der Waals surface area contributed by atoms with E-state index in [2.05, 4.69) is 28.9 Å². The van der Waals surface area contributed by atoms with E-state index in [1.807, 2.05) is 0 Å². The van der Waals surface area contributed by atoms with Crippen LogP contribution in [0.3, 0.4) is 0 Å². The smallest absolute Gasteiger partial charge is 0.211 e. The molecule has 0 aromatic carbocycles. The normalized spacial score (nSPS) is 12.3. The van der Waals surface area contributed by atoms with Crippen LogP contribution >= 0.6 is 24.0 Å². The van der Waals surface area contributed by atoms with E-state index >= 15 is 0 Å². The van der Waals surface area contributed by atoms with Crippen molar-refractivity contribution in [1.29, 1.82) is 0 Å². The third-order valence-electron chi connectivity index (χ3n) is 2.35. The van der Waals surface area contributed by atoms with Gasteiger partial charge < -0.3 is 11.1 Å². The molecule has 0 saturated heterocycles. The van der Waals surface area contributed by atoms with Crippen molar-refractivity contribution in [3.63, 3.8) is 0 Å². The lowest BCUT2D eigenvalue weighted by molar-refractivity contribution is 0.576. The summed E-state index contributed by atoms with van der Waals surface area (Å²) in [5.74, 6) is 1.16. The highest BCUT2D eigenvalue weighted by molar-refractivity contribution is 14.0. The minimum atomic E-state index is -3.09. The van der Waals surface area contributed by atoms with Crippen molar-refractivity contribution in [3.8, 4) is 0 Å². The molecule has 8 heteroatoms. The molecule has 0 aliphatic heterocycles. The molecule has 116 valence electrons. The molecular formula is C11H27IN4O2S. The molecule has 0 saturated carbocycles. The first-order valence-electron chi connectivity index (χ1n) is 6.38. The molecule has 0 fully saturated rings. The van der Waals surface area contributed by atoms with Gasteiger partial charge in [-0.15, -0.1) is 24.0 Å². The van der Waals surface area contributed by atoms with Crippen LogP contribution in [0, 0.1) is 5.92 Å². The second kappa shape index (κ2) is 11.7. The van der Waals surface area contributed by atoms with Gasteiger partial charge in [0, 0.05) is 19.6 Å². The van der Waals surface area contributed by atoms with Gasteiger partial charge in [0.15, 0.2) is 5.96 Å². The van der Waals surface area contributed by atoms with Crippen LogP contribution in [0.25, 0.3) is 0 Å². The van der Waals surface area contributed by atoms with Gasteiger partial charge >= 0.3 is 0 Å². The zero-order valence-electron chi connectivity index (χ0n) is 12.0. The molecule has 0 heterocycles. The van der Waals surface area contributed by atoms with Crippen LogP contribution < -0.4 is 15.8 Å². The fourth-order valence-corrected chi connectivity index (χ4v) is 1.81. The molecule has 6 nitrogen and oxygen atoms in total. The molecule has 0 spiro atoms. The highest BCUT2D eigenvalue weighted by atomic mass is 127. The van der Waals surface area contributed by atoms with E-state index in [4.69, 9.17) is 5.73 Å². The van der Waals surface area contributed by atoms with E-state index in [1.54, 1.807) is 6.92 Å². The summed E-state index contributed by atoms with van der Waals surface area (Å²) in [5, 5.41) is 3.02. The van der Waals surface area contributed by atoms with E-state index in [0.29, 0.717) is 31.4 Å². The number of nitrogens with zero attached hydrogens (tertiary/aromatic N) is 1. The molecule has 0 rings (SSSR count). The number of guanidine groups is 1. The van der Waals surface area contributed by atoms with E-state index in [1.165, 1.54) is 0 Å². The number of hydrogen-bond donors (Lipinski definition) is 3. The Bertz CT molecular complexity index is 345. The minimum absolute atomic E-state index is 0. The summed E-state index contributed by atoms with van der Waals surface area (Å²) in [5.41, 5.74) is 5.65. The molecule has 0 atom stereocenters. The molecule has 0 radical (unpaired) electrons. The molecule has 0 unspecified atom stereocenters. The minimum Gasteiger partial charge on any atom is -0.370 e. The number of rotatable bonds is 9. The van der Waals surface area contributed by atoms with Crippen molar-refractivity contribution in [2.75, 3.05) is 25.4 Å². The lowest BCUT2D eigenvalue weighted by Gasteiger charge is -2.07. The van der Waals surface area contributed by atoms with Crippen molar-refractivity contribution in [2.45, 2.75) is 33.6 Å². The van der Waals surface area contributed by atoms with E-state index in [9.17, 15) is 8.42 Å². The third kappa shape index (κ3) is 14.1. The van der Waals surface area contributed by atoms with Crippen LogP contribution in [0.15, 0.2) is 4.99 Å². The summed E-state index contributed by atoms with van der Waals surface area (Å²) >= 11 is 0. The van der Waals surface area contributed by atoms with Gasteiger partial charge in [-0.2, -0.15) is 0 Å². The number of sulfonamides is 1. The monoisotopic (exact) mass is 406 g/mol. The van der Waals surface area contributed by atoms with E-state index in [0.717, 1.165) is 13.0 Å². The Balaban J connectivity index is 0. The summed E-state index contributed by atoms with van der Waals surface area (Å²) < 4.78 is 24.7. The lowest BCUT2D eigenvalue weighted by atomic mass is 10.1. The molecule has 0 aromatic heterocycles. The zero-order chi connectivity index (χ0) is 14.0. The fraction of sp³-hybridized carbons (Fsp3) is 0.909. The summed E-state index contributed by atoms with van der Waals surface area (Å²) in [4.78, 5) is 4.11. The largest absolute Gasteiger partial charge is 0.370 e. The molecular weight excluding hydrogens is 379 g/mol.